The molecule has 0 aliphatic carbocycles. The lowest BCUT2D eigenvalue weighted by Gasteiger charge is -2.32. The Morgan fingerprint density at radius 3 is 2.25 bits per heavy atom. The summed E-state index contributed by atoms with van der Waals surface area (Å²) in [4.78, 5) is 14.3. The number of ether oxygens (including phenoxy) is 1. The molecule has 2 aromatic rings. The number of carbonyl (C=O) groups is 1. The van der Waals surface area contributed by atoms with Crippen LogP contribution in [0.1, 0.15) is 24.8 Å². The molecule has 24 heavy (non-hydrogen) atoms. The van der Waals surface area contributed by atoms with E-state index in [0.717, 1.165) is 38.1 Å². The van der Waals surface area contributed by atoms with Crippen LogP contribution in [0.3, 0.4) is 0 Å². The number of amides is 1. The van der Waals surface area contributed by atoms with E-state index in [-0.39, 0.29) is 5.91 Å². The highest BCUT2D eigenvalue weighted by Gasteiger charge is 2.22. The molecule has 1 heterocycles. The van der Waals surface area contributed by atoms with E-state index in [4.69, 9.17) is 4.74 Å². The van der Waals surface area contributed by atoms with Crippen LogP contribution in [0.25, 0.3) is 0 Å². The molecule has 1 aliphatic heterocycles. The Labute approximate surface area is 144 Å². The Morgan fingerprint density at radius 1 is 0.958 bits per heavy atom. The molecule has 0 atom stereocenters. The van der Waals surface area contributed by atoms with E-state index in [1.54, 1.807) is 0 Å². The lowest BCUT2D eigenvalue weighted by molar-refractivity contribution is -0.133. The summed E-state index contributed by atoms with van der Waals surface area (Å²) in [7, 11) is 0. The van der Waals surface area contributed by atoms with Gasteiger partial charge in [0.05, 0.1) is 13.0 Å². The standard InChI is InChI=1S/C21H25NO2/c23-21(13-16-24-20-9-5-2-6-10-20)22-14-11-19(12-15-22)17-18-7-3-1-4-8-18/h1-10,19H,11-17H2. The van der Waals surface area contributed by atoms with Crippen LogP contribution in [0.2, 0.25) is 0 Å². The van der Waals surface area contributed by atoms with Gasteiger partial charge in [0, 0.05) is 13.1 Å². The van der Waals surface area contributed by atoms with Gasteiger partial charge in [0.1, 0.15) is 5.75 Å². The van der Waals surface area contributed by atoms with Crippen molar-refractivity contribution in [1.29, 1.82) is 0 Å². The maximum atomic E-state index is 12.3. The van der Waals surface area contributed by atoms with Crippen molar-refractivity contribution in [2.45, 2.75) is 25.7 Å². The largest absolute Gasteiger partial charge is 0.493 e. The Bertz CT molecular complexity index is 619. The Hall–Kier alpha value is -2.29. The molecule has 1 fully saturated rings. The summed E-state index contributed by atoms with van der Waals surface area (Å²) in [6.45, 7) is 2.20. The van der Waals surface area contributed by atoms with E-state index < -0.39 is 0 Å². The van der Waals surface area contributed by atoms with Crippen LogP contribution in [0.5, 0.6) is 5.75 Å². The number of nitrogens with zero attached hydrogens (tertiary/aromatic N) is 1. The minimum atomic E-state index is 0.212. The number of likely N-dealkylation sites (tertiary alicyclic amines) is 1. The maximum absolute atomic E-state index is 12.3. The number of piperidine rings is 1. The van der Waals surface area contributed by atoms with Crippen molar-refractivity contribution in [1.82, 2.24) is 4.90 Å². The van der Waals surface area contributed by atoms with Gasteiger partial charge < -0.3 is 9.64 Å². The second-order valence-corrected chi connectivity index (χ2v) is 6.43. The topological polar surface area (TPSA) is 29.5 Å². The molecular weight excluding hydrogens is 298 g/mol. The van der Waals surface area contributed by atoms with Crippen molar-refractivity contribution in [2.24, 2.45) is 5.92 Å². The summed E-state index contributed by atoms with van der Waals surface area (Å²) in [5.41, 5.74) is 1.40. The highest BCUT2D eigenvalue weighted by Crippen LogP contribution is 2.22. The third kappa shape index (κ3) is 4.85. The smallest absolute Gasteiger partial charge is 0.225 e. The molecule has 0 unspecified atom stereocenters. The van der Waals surface area contributed by atoms with Crippen LogP contribution < -0.4 is 4.74 Å². The van der Waals surface area contributed by atoms with Crippen LogP contribution in [-0.2, 0) is 11.2 Å². The zero-order valence-electron chi connectivity index (χ0n) is 14.1. The second kappa shape index (κ2) is 8.53. The molecule has 1 amide bonds. The number of hydrogen-bond acceptors (Lipinski definition) is 2. The molecule has 0 radical (unpaired) electrons. The number of para-hydroxylation sites is 1. The van der Waals surface area contributed by atoms with E-state index in [1.807, 2.05) is 35.2 Å². The van der Waals surface area contributed by atoms with E-state index in [0.29, 0.717) is 18.9 Å². The van der Waals surface area contributed by atoms with Gasteiger partial charge in [-0.15, -0.1) is 0 Å². The SMILES string of the molecule is O=C(CCOc1ccccc1)N1CCC(Cc2ccccc2)CC1. The van der Waals surface area contributed by atoms with E-state index >= 15 is 0 Å². The molecule has 3 rings (SSSR count). The van der Waals surface area contributed by atoms with Crippen LogP contribution in [0, 0.1) is 5.92 Å². The average molecular weight is 323 g/mol. The fourth-order valence-corrected chi connectivity index (χ4v) is 3.26. The van der Waals surface area contributed by atoms with Gasteiger partial charge in [-0.2, -0.15) is 0 Å². The van der Waals surface area contributed by atoms with Crippen LogP contribution >= 0.6 is 0 Å². The fraction of sp³-hybridized carbons (Fsp3) is 0.381. The molecule has 2 aromatic carbocycles. The summed E-state index contributed by atoms with van der Waals surface area (Å²) < 4.78 is 5.62. The summed E-state index contributed by atoms with van der Waals surface area (Å²) >= 11 is 0. The number of benzene rings is 2. The van der Waals surface area contributed by atoms with Crippen molar-refractivity contribution in [2.75, 3.05) is 19.7 Å². The van der Waals surface area contributed by atoms with Crippen molar-refractivity contribution in [3.05, 3.63) is 66.2 Å². The molecule has 3 heteroatoms. The van der Waals surface area contributed by atoms with Gasteiger partial charge in [0.25, 0.3) is 0 Å². The Morgan fingerprint density at radius 2 is 1.58 bits per heavy atom. The van der Waals surface area contributed by atoms with E-state index in [1.165, 1.54) is 5.56 Å². The Kier molecular flexibility index (Phi) is 5.89. The van der Waals surface area contributed by atoms with Gasteiger partial charge >= 0.3 is 0 Å². The summed E-state index contributed by atoms with van der Waals surface area (Å²) in [5.74, 6) is 1.73. The first-order chi connectivity index (χ1) is 11.8. The first-order valence-electron chi connectivity index (χ1n) is 8.81. The van der Waals surface area contributed by atoms with Gasteiger partial charge in [-0.3, -0.25) is 4.79 Å². The van der Waals surface area contributed by atoms with E-state index in [2.05, 4.69) is 30.3 Å². The zero-order valence-corrected chi connectivity index (χ0v) is 14.1. The molecule has 1 saturated heterocycles. The van der Waals surface area contributed by atoms with Gasteiger partial charge in [-0.1, -0.05) is 48.5 Å². The lowest BCUT2D eigenvalue weighted by Crippen LogP contribution is -2.39. The van der Waals surface area contributed by atoms with E-state index in [9.17, 15) is 4.79 Å². The van der Waals surface area contributed by atoms with Crippen molar-refractivity contribution < 1.29 is 9.53 Å². The average Bonchev–Trinajstić information content (AvgIpc) is 2.64. The highest BCUT2D eigenvalue weighted by atomic mass is 16.5. The van der Waals surface area contributed by atoms with Crippen LogP contribution in [0.4, 0.5) is 0 Å². The number of rotatable bonds is 6. The van der Waals surface area contributed by atoms with Gasteiger partial charge in [-0.25, -0.2) is 0 Å². The minimum absolute atomic E-state index is 0.212. The van der Waals surface area contributed by atoms with Gasteiger partial charge in [-0.05, 0) is 42.9 Å². The van der Waals surface area contributed by atoms with Crippen molar-refractivity contribution in [3.63, 3.8) is 0 Å². The maximum Gasteiger partial charge on any atom is 0.225 e. The fourth-order valence-electron chi connectivity index (χ4n) is 3.26. The molecule has 0 N–H and O–H groups in total. The lowest BCUT2D eigenvalue weighted by atomic mass is 9.90. The van der Waals surface area contributed by atoms with Crippen LogP contribution in [0.15, 0.2) is 60.7 Å². The first-order valence-corrected chi connectivity index (χ1v) is 8.81. The monoisotopic (exact) mass is 323 g/mol. The number of carbonyl (C=O) groups excluding carboxylic acids is 1. The van der Waals surface area contributed by atoms with Crippen molar-refractivity contribution in [3.8, 4) is 5.75 Å². The highest BCUT2D eigenvalue weighted by molar-refractivity contribution is 5.76. The number of hydrogen-bond donors (Lipinski definition) is 0. The molecule has 126 valence electrons. The van der Waals surface area contributed by atoms with Gasteiger partial charge in [0.15, 0.2) is 0 Å². The third-order valence-electron chi connectivity index (χ3n) is 4.66. The molecule has 3 nitrogen and oxygen atoms in total. The predicted octanol–water partition coefficient (Wildman–Crippen LogP) is 3.94. The molecule has 0 saturated carbocycles. The molecule has 0 aromatic heterocycles. The molecule has 1 aliphatic rings. The zero-order chi connectivity index (χ0) is 16.6. The third-order valence-corrected chi connectivity index (χ3v) is 4.66. The molecule has 0 spiro atoms. The summed E-state index contributed by atoms with van der Waals surface area (Å²) in [6, 6.07) is 20.3. The normalized spacial score (nSPS) is 15.2. The Balaban J connectivity index is 1.37. The quantitative estimate of drug-likeness (QED) is 0.806. The van der Waals surface area contributed by atoms with Gasteiger partial charge in [0.2, 0.25) is 5.91 Å². The predicted molar refractivity (Wildman–Crippen MR) is 96.0 cm³/mol. The second-order valence-electron chi connectivity index (χ2n) is 6.43. The molecule has 0 bridgehead atoms. The molecular formula is C21H25NO2. The summed E-state index contributed by atoms with van der Waals surface area (Å²) in [6.07, 6.45) is 3.78. The first kappa shape index (κ1) is 16.6. The summed E-state index contributed by atoms with van der Waals surface area (Å²) in [5, 5.41) is 0. The van der Waals surface area contributed by atoms with Crippen LogP contribution in [-0.4, -0.2) is 30.5 Å². The minimum Gasteiger partial charge on any atom is -0.493 e. The van der Waals surface area contributed by atoms with Crippen molar-refractivity contribution >= 4 is 5.91 Å².